The average molecular weight is 403 g/mol. The van der Waals surface area contributed by atoms with Gasteiger partial charge >= 0.3 is 0 Å². The van der Waals surface area contributed by atoms with Crippen LogP contribution in [0.4, 0.5) is 0 Å². The number of nitrogens with zero attached hydrogens (tertiary/aromatic N) is 5. The number of nitrogens with one attached hydrogen (secondary N) is 1. The number of amides is 1. The van der Waals surface area contributed by atoms with Gasteiger partial charge in [0.25, 0.3) is 5.91 Å². The molecule has 154 valence electrons. The molecule has 4 aromatic rings. The number of hydrogen-bond acceptors (Lipinski definition) is 4. The summed E-state index contributed by atoms with van der Waals surface area (Å²) in [6.07, 6.45) is 3.69. The smallest absolute Gasteiger partial charge is 0.252 e. The van der Waals surface area contributed by atoms with Gasteiger partial charge in [-0.05, 0) is 37.5 Å². The van der Waals surface area contributed by atoms with Gasteiger partial charge in [0, 0.05) is 31.2 Å². The van der Waals surface area contributed by atoms with E-state index < -0.39 is 0 Å². The number of benzene rings is 1. The molecule has 4 rings (SSSR count). The van der Waals surface area contributed by atoms with Crippen LogP contribution in [0, 0.1) is 19.8 Å². The zero-order valence-corrected chi connectivity index (χ0v) is 17.5. The van der Waals surface area contributed by atoms with E-state index in [2.05, 4.69) is 39.6 Å². The van der Waals surface area contributed by atoms with E-state index in [4.69, 9.17) is 0 Å². The maximum absolute atomic E-state index is 13.0. The highest BCUT2D eigenvalue weighted by molar-refractivity contribution is 6.06. The first kappa shape index (κ1) is 19.8. The lowest BCUT2D eigenvalue weighted by Crippen LogP contribution is -2.30. The van der Waals surface area contributed by atoms with E-state index in [1.54, 1.807) is 6.20 Å². The number of carbonyl (C=O) groups excluding carboxylic acids is 1. The molecule has 0 radical (unpaired) electrons. The topological polar surface area (TPSA) is 77.6 Å². The van der Waals surface area contributed by atoms with Crippen molar-refractivity contribution in [3.63, 3.8) is 0 Å². The van der Waals surface area contributed by atoms with Crippen LogP contribution in [0.3, 0.4) is 0 Å². The Kier molecular flexibility index (Phi) is 5.61. The molecule has 1 N–H and O–H groups in total. The predicted molar refractivity (Wildman–Crippen MR) is 116 cm³/mol. The SMILES string of the molecule is Cc1cc(C(=O)NCC(C)Cn2cccn2)c2c(C)nn(Cc3ccccc3)c2n1. The summed E-state index contributed by atoms with van der Waals surface area (Å²) in [6, 6.07) is 13.9. The molecule has 7 heteroatoms. The fourth-order valence-corrected chi connectivity index (χ4v) is 3.68. The zero-order valence-electron chi connectivity index (χ0n) is 17.5. The predicted octanol–water partition coefficient (Wildman–Crippen LogP) is 3.36. The Bertz CT molecular complexity index is 1150. The first-order chi connectivity index (χ1) is 14.5. The molecule has 30 heavy (non-hydrogen) atoms. The van der Waals surface area contributed by atoms with Crippen molar-refractivity contribution in [2.45, 2.75) is 33.9 Å². The number of aromatic nitrogens is 5. The van der Waals surface area contributed by atoms with Crippen LogP contribution < -0.4 is 5.32 Å². The van der Waals surface area contributed by atoms with Crippen LogP contribution in [0.2, 0.25) is 0 Å². The van der Waals surface area contributed by atoms with Crippen LogP contribution in [0.15, 0.2) is 54.9 Å². The summed E-state index contributed by atoms with van der Waals surface area (Å²) < 4.78 is 3.76. The van der Waals surface area contributed by atoms with Gasteiger partial charge in [-0.1, -0.05) is 37.3 Å². The second-order valence-electron chi connectivity index (χ2n) is 7.78. The van der Waals surface area contributed by atoms with Crippen LogP contribution in [0.25, 0.3) is 11.0 Å². The van der Waals surface area contributed by atoms with Crippen molar-refractivity contribution in [3.05, 3.63) is 77.4 Å². The van der Waals surface area contributed by atoms with Gasteiger partial charge in [-0.2, -0.15) is 10.2 Å². The Balaban J connectivity index is 1.56. The molecule has 0 saturated carbocycles. The highest BCUT2D eigenvalue weighted by Crippen LogP contribution is 2.23. The number of aryl methyl sites for hydroxylation is 2. The van der Waals surface area contributed by atoms with Crippen molar-refractivity contribution in [2.75, 3.05) is 6.54 Å². The summed E-state index contributed by atoms with van der Waals surface area (Å²) in [4.78, 5) is 17.7. The minimum Gasteiger partial charge on any atom is -0.352 e. The fraction of sp³-hybridized carbons (Fsp3) is 0.304. The highest BCUT2D eigenvalue weighted by Gasteiger charge is 2.19. The number of hydrogen-bond donors (Lipinski definition) is 1. The molecule has 0 aliphatic heterocycles. The van der Waals surface area contributed by atoms with Gasteiger partial charge in [0.05, 0.1) is 23.2 Å². The summed E-state index contributed by atoms with van der Waals surface area (Å²) in [6.45, 7) is 7.87. The maximum Gasteiger partial charge on any atom is 0.252 e. The van der Waals surface area contributed by atoms with Crippen molar-refractivity contribution in [1.82, 2.24) is 29.9 Å². The molecular formula is C23H26N6O. The van der Waals surface area contributed by atoms with Crippen molar-refractivity contribution >= 4 is 16.9 Å². The molecular weight excluding hydrogens is 376 g/mol. The van der Waals surface area contributed by atoms with Gasteiger partial charge in [0.1, 0.15) is 0 Å². The summed E-state index contributed by atoms with van der Waals surface area (Å²) in [5.74, 6) is 0.161. The second-order valence-corrected chi connectivity index (χ2v) is 7.78. The Morgan fingerprint density at radius 2 is 1.97 bits per heavy atom. The molecule has 1 unspecified atom stereocenters. The monoisotopic (exact) mass is 402 g/mol. The lowest BCUT2D eigenvalue weighted by molar-refractivity contribution is 0.0948. The van der Waals surface area contributed by atoms with E-state index in [1.807, 2.05) is 59.7 Å². The van der Waals surface area contributed by atoms with E-state index >= 15 is 0 Å². The van der Waals surface area contributed by atoms with E-state index in [0.717, 1.165) is 34.5 Å². The first-order valence-corrected chi connectivity index (χ1v) is 10.2. The Morgan fingerprint density at radius 3 is 2.70 bits per heavy atom. The van der Waals surface area contributed by atoms with Crippen LogP contribution in [-0.2, 0) is 13.1 Å². The number of rotatable bonds is 7. The van der Waals surface area contributed by atoms with Crippen LogP contribution in [0.1, 0.15) is 34.2 Å². The molecule has 0 aliphatic rings. The largest absolute Gasteiger partial charge is 0.352 e. The lowest BCUT2D eigenvalue weighted by atomic mass is 10.1. The lowest BCUT2D eigenvalue weighted by Gasteiger charge is -2.13. The summed E-state index contributed by atoms with van der Waals surface area (Å²) in [5, 5.41) is 12.8. The molecule has 3 aromatic heterocycles. The number of carbonyl (C=O) groups is 1. The van der Waals surface area contributed by atoms with E-state index in [-0.39, 0.29) is 11.8 Å². The zero-order chi connectivity index (χ0) is 21.1. The molecule has 0 bridgehead atoms. The third-order valence-electron chi connectivity index (χ3n) is 5.09. The van der Waals surface area contributed by atoms with E-state index in [9.17, 15) is 4.79 Å². The molecule has 0 saturated heterocycles. The van der Waals surface area contributed by atoms with Crippen LogP contribution >= 0.6 is 0 Å². The minimum atomic E-state index is -0.0971. The minimum absolute atomic E-state index is 0.0971. The van der Waals surface area contributed by atoms with Crippen molar-refractivity contribution in [1.29, 1.82) is 0 Å². The third-order valence-corrected chi connectivity index (χ3v) is 5.09. The summed E-state index contributed by atoms with van der Waals surface area (Å²) in [7, 11) is 0. The summed E-state index contributed by atoms with van der Waals surface area (Å²) >= 11 is 0. The van der Waals surface area contributed by atoms with Gasteiger partial charge < -0.3 is 5.32 Å². The molecule has 1 amide bonds. The Hall–Kier alpha value is -3.48. The van der Waals surface area contributed by atoms with Gasteiger partial charge in [-0.15, -0.1) is 0 Å². The second kappa shape index (κ2) is 8.49. The van der Waals surface area contributed by atoms with Gasteiger partial charge in [0.15, 0.2) is 5.65 Å². The Labute approximate surface area is 175 Å². The van der Waals surface area contributed by atoms with Gasteiger partial charge in [-0.25, -0.2) is 9.67 Å². The number of fused-ring (bicyclic) bond motifs is 1. The summed E-state index contributed by atoms with van der Waals surface area (Å²) in [5.41, 5.74) is 4.12. The quantitative estimate of drug-likeness (QED) is 0.514. The van der Waals surface area contributed by atoms with E-state index in [0.29, 0.717) is 18.7 Å². The van der Waals surface area contributed by atoms with Crippen LogP contribution in [-0.4, -0.2) is 37.0 Å². The van der Waals surface area contributed by atoms with Gasteiger partial charge in [0.2, 0.25) is 0 Å². The van der Waals surface area contributed by atoms with Crippen molar-refractivity contribution in [3.8, 4) is 0 Å². The Morgan fingerprint density at radius 1 is 1.17 bits per heavy atom. The van der Waals surface area contributed by atoms with Gasteiger partial charge in [-0.3, -0.25) is 9.48 Å². The molecule has 3 heterocycles. The van der Waals surface area contributed by atoms with Crippen molar-refractivity contribution < 1.29 is 4.79 Å². The maximum atomic E-state index is 13.0. The molecule has 0 fully saturated rings. The highest BCUT2D eigenvalue weighted by atomic mass is 16.1. The molecule has 1 atom stereocenters. The standard InChI is InChI=1S/C23H26N6O/c1-16(14-28-11-7-10-25-28)13-24-23(30)20-12-17(2)26-22-21(20)18(3)27-29(22)15-19-8-5-4-6-9-19/h4-12,16H,13-15H2,1-3H3,(H,24,30). The molecule has 0 aliphatic carbocycles. The first-order valence-electron chi connectivity index (χ1n) is 10.2. The number of pyridine rings is 1. The third kappa shape index (κ3) is 4.25. The molecule has 1 aromatic carbocycles. The normalized spacial score (nSPS) is 12.2. The molecule has 7 nitrogen and oxygen atoms in total. The van der Waals surface area contributed by atoms with Crippen LogP contribution in [0.5, 0.6) is 0 Å². The molecule has 0 spiro atoms. The van der Waals surface area contributed by atoms with Crippen molar-refractivity contribution in [2.24, 2.45) is 5.92 Å². The van der Waals surface area contributed by atoms with E-state index in [1.165, 1.54) is 0 Å². The fourth-order valence-electron chi connectivity index (χ4n) is 3.68. The average Bonchev–Trinajstić information content (AvgIpc) is 3.34.